The Balaban J connectivity index is 1.65. The number of nitrogens with one attached hydrogen (secondary N) is 1. The van der Waals surface area contributed by atoms with Crippen LogP contribution in [0.5, 0.6) is 5.88 Å². The van der Waals surface area contributed by atoms with Gasteiger partial charge in [0.2, 0.25) is 11.8 Å². The molecule has 3 aromatic rings. The van der Waals surface area contributed by atoms with Gasteiger partial charge in [-0.25, -0.2) is 19.7 Å². The summed E-state index contributed by atoms with van der Waals surface area (Å²) in [5.74, 6) is -0.639. The molecule has 1 amide bonds. The van der Waals surface area contributed by atoms with Gasteiger partial charge in [0.15, 0.2) is 0 Å². The highest BCUT2D eigenvalue weighted by atomic mass is 35.5. The van der Waals surface area contributed by atoms with E-state index in [9.17, 15) is 14.7 Å². The molecule has 1 aliphatic heterocycles. The van der Waals surface area contributed by atoms with E-state index in [4.69, 9.17) is 16.3 Å². The highest BCUT2D eigenvalue weighted by molar-refractivity contribution is 6.33. The molecule has 0 fully saturated rings. The fourth-order valence-electron chi connectivity index (χ4n) is 3.27. The van der Waals surface area contributed by atoms with Gasteiger partial charge in [-0.3, -0.25) is 4.79 Å². The highest BCUT2D eigenvalue weighted by Gasteiger charge is 2.34. The number of anilines is 2. The number of amides is 1. The number of aliphatic carboxylic acids is 1. The Morgan fingerprint density at radius 3 is 2.84 bits per heavy atom. The van der Waals surface area contributed by atoms with Crippen molar-refractivity contribution >= 4 is 35.1 Å². The molecule has 0 spiro atoms. The Kier molecular flexibility index (Phi) is 5.43. The molecular weight excluding hydrogens is 422 g/mol. The van der Waals surface area contributed by atoms with Gasteiger partial charge in [-0.15, -0.1) is 0 Å². The average Bonchev–Trinajstić information content (AvgIpc) is 3.10. The monoisotopic (exact) mass is 439 g/mol. The largest absolute Gasteiger partial charge is 0.481 e. The lowest BCUT2D eigenvalue weighted by atomic mass is 10.0. The maximum atomic E-state index is 12.7. The maximum absolute atomic E-state index is 12.7. The van der Waals surface area contributed by atoms with Crippen LogP contribution in [0.3, 0.4) is 0 Å². The second-order valence-electron chi connectivity index (χ2n) is 6.92. The fourth-order valence-corrected chi connectivity index (χ4v) is 3.47. The van der Waals surface area contributed by atoms with Gasteiger partial charge in [-0.05, 0) is 24.6 Å². The topological polar surface area (TPSA) is 118 Å². The second-order valence-corrected chi connectivity index (χ2v) is 7.33. The van der Waals surface area contributed by atoms with E-state index in [2.05, 4.69) is 20.3 Å². The summed E-state index contributed by atoms with van der Waals surface area (Å²) in [6, 6.07) is 7.79. The molecule has 3 heterocycles. The summed E-state index contributed by atoms with van der Waals surface area (Å²) in [4.78, 5) is 38.1. The van der Waals surface area contributed by atoms with Crippen molar-refractivity contribution in [2.75, 3.05) is 12.4 Å². The Morgan fingerprint density at radius 1 is 1.29 bits per heavy atom. The van der Waals surface area contributed by atoms with Gasteiger partial charge in [0.05, 0.1) is 24.0 Å². The summed E-state index contributed by atoms with van der Waals surface area (Å²) in [7, 11) is 1.52. The number of pyridine rings is 1. The zero-order chi connectivity index (χ0) is 22.1. The molecule has 0 radical (unpaired) electrons. The molecule has 0 aliphatic carbocycles. The van der Waals surface area contributed by atoms with E-state index in [0.717, 1.165) is 5.56 Å². The molecule has 9 nitrogen and oxygen atoms in total. The number of methoxy groups -OCH3 is 1. The molecule has 1 aromatic carbocycles. The molecule has 1 atom stereocenters. The Labute approximate surface area is 182 Å². The van der Waals surface area contributed by atoms with Gasteiger partial charge < -0.3 is 20.1 Å². The van der Waals surface area contributed by atoms with E-state index < -0.39 is 12.0 Å². The minimum Gasteiger partial charge on any atom is -0.481 e. The molecule has 1 aliphatic rings. The van der Waals surface area contributed by atoms with E-state index in [1.54, 1.807) is 36.5 Å². The molecule has 0 bridgehead atoms. The SMILES string of the molecule is COc1cc(Nc2ncc(Cl)c(-c3ccc4c(c3)C(=O)N([C@H](C)C(=O)O)C4)n2)ccn1. The minimum absolute atomic E-state index is 0.246. The lowest BCUT2D eigenvalue weighted by Crippen LogP contribution is -2.38. The summed E-state index contributed by atoms with van der Waals surface area (Å²) in [5.41, 5.74) is 2.95. The number of carboxylic acid groups (broad SMARTS) is 1. The van der Waals surface area contributed by atoms with E-state index in [0.29, 0.717) is 39.4 Å². The van der Waals surface area contributed by atoms with Gasteiger partial charge in [0.25, 0.3) is 5.91 Å². The van der Waals surface area contributed by atoms with E-state index >= 15 is 0 Å². The predicted octanol–water partition coefficient (Wildman–Crippen LogP) is 3.37. The smallest absolute Gasteiger partial charge is 0.326 e. The number of carbonyl (C=O) groups is 2. The number of halogens is 1. The first-order valence-electron chi connectivity index (χ1n) is 9.34. The molecule has 0 saturated carbocycles. The molecule has 2 aromatic heterocycles. The summed E-state index contributed by atoms with van der Waals surface area (Å²) < 4.78 is 5.11. The quantitative estimate of drug-likeness (QED) is 0.600. The third kappa shape index (κ3) is 3.99. The third-order valence-corrected chi connectivity index (χ3v) is 5.26. The van der Waals surface area contributed by atoms with Crippen molar-refractivity contribution in [2.24, 2.45) is 0 Å². The van der Waals surface area contributed by atoms with Crippen molar-refractivity contribution in [3.8, 4) is 17.1 Å². The number of nitrogens with zero attached hydrogens (tertiary/aromatic N) is 4. The molecule has 10 heteroatoms. The number of fused-ring (bicyclic) bond motifs is 1. The number of hydrogen-bond acceptors (Lipinski definition) is 7. The van der Waals surface area contributed by atoms with E-state index in [1.165, 1.54) is 25.1 Å². The van der Waals surface area contributed by atoms with Crippen LogP contribution in [0.15, 0.2) is 42.7 Å². The van der Waals surface area contributed by atoms with Crippen molar-refractivity contribution in [1.29, 1.82) is 0 Å². The number of aromatic nitrogens is 3. The van der Waals surface area contributed by atoms with Crippen LogP contribution >= 0.6 is 11.6 Å². The van der Waals surface area contributed by atoms with Crippen LogP contribution in [0.4, 0.5) is 11.6 Å². The lowest BCUT2D eigenvalue weighted by Gasteiger charge is -2.19. The van der Waals surface area contributed by atoms with Crippen molar-refractivity contribution < 1.29 is 19.4 Å². The molecular formula is C21H18ClN5O4. The predicted molar refractivity (Wildman–Crippen MR) is 114 cm³/mol. The van der Waals surface area contributed by atoms with E-state index in [-0.39, 0.29) is 12.5 Å². The zero-order valence-electron chi connectivity index (χ0n) is 16.7. The van der Waals surface area contributed by atoms with Crippen LogP contribution in [0, 0.1) is 0 Å². The number of carbonyl (C=O) groups excluding carboxylic acids is 1. The van der Waals surface area contributed by atoms with Gasteiger partial charge >= 0.3 is 5.97 Å². The lowest BCUT2D eigenvalue weighted by molar-refractivity contribution is -0.141. The van der Waals surface area contributed by atoms with E-state index in [1.807, 2.05) is 0 Å². The van der Waals surface area contributed by atoms with Gasteiger partial charge in [0.1, 0.15) is 6.04 Å². The minimum atomic E-state index is -1.05. The van der Waals surface area contributed by atoms with Gasteiger partial charge in [-0.1, -0.05) is 23.7 Å². The van der Waals surface area contributed by atoms with Crippen LogP contribution < -0.4 is 10.1 Å². The first kappa shape index (κ1) is 20.5. The molecule has 0 saturated heterocycles. The number of ether oxygens (including phenoxy) is 1. The summed E-state index contributed by atoms with van der Waals surface area (Å²) in [5, 5.41) is 12.6. The van der Waals surface area contributed by atoms with Crippen LogP contribution in [-0.2, 0) is 11.3 Å². The first-order chi connectivity index (χ1) is 14.9. The molecule has 31 heavy (non-hydrogen) atoms. The first-order valence-corrected chi connectivity index (χ1v) is 9.72. The number of hydrogen-bond donors (Lipinski definition) is 2. The van der Waals surface area contributed by atoms with Crippen LogP contribution in [0.1, 0.15) is 22.8 Å². The third-order valence-electron chi connectivity index (χ3n) is 4.98. The number of rotatable bonds is 6. The van der Waals surface area contributed by atoms with Gasteiger partial charge in [0, 0.05) is 35.6 Å². The summed E-state index contributed by atoms with van der Waals surface area (Å²) in [6.45, 7) is 1.73. The Bertz CT molecular complexity index is 1190. The van der Waals surface area contributed by atoms with Crippen molar-refractivity contribution in [2.45, 2.75) is 19.5 Å². The molecule has 2 N–H and O–H groups in total. The number of carboxylic acids is 1. The van der Waals surface area contributed by atoms with Crippen molar-refractivity contribution in [1.82, 2.24) is 19.9 Å². The standard InChI is InChI=1S/C21H18ClN5O4/c1-11(20(29)30)27-10-13-4-3-12(7-15(13)19(27)28)18-16(22)9-24-21(26-18)25-14-5-6-23-17(8-14)31-2/h3-9,11H,10H2,1-2H3,(H,29,30)(H,23,24,25,26)/t11-/m1/s1. The van der Waals surface area contributed by atoms with Crippen molar-refractivity contribution in [3.05, 3.63) is 58.9 Å². The Morgan fingerprint density at radius 2 is 2.10 bits per heavy atom. The summed E-state index contributed by atoms with van der Waals surface area (Å²) >= 11 is 6.33. The maximum Gasteiger partial charge on any atom is 0.326 e. The molecule has 158 valence electrons. The number of benzene rings is 1. The van der Waals surface area contributed by atoms with Crippen LogP contribution in [0.25, 0.3) is 11.3 Å². The van der Waals surface area contributed by atoms with Crippen molar-refractivity contribution in [3.63, 3.8) is 0 Å². The summed E-state index contributed by atoms with van der Waals surface area (Å²) in [6.07, 6.45) is 3.06. The van der Waals surface area contributed by atoms with Crippen LogP contribution in [0.2, 0.25) is 5.02 Å². The molecule has 4 rings (SSSR count). The molecule has 0 unspecified atom stereocenters. The second kappa shape index (κ2) is 8.19. The van der Waals surface area contributed by atoms with Gasteiger partial charge in [-0.2, -0.15) is 0 Å². The zero-order valence-corrected chi connectivity index (χ0v) is 17.4. The Hall–Kier alpha value is -3.72. The normalized spacial score (nSPS) is 13.6. The fraction of sp³-hybridized carbons (Fsp3) is 0.190. The van der Waals surface area contributed by atoms with Crippen LogP contribution in [-0.4, -0.2) is 50.0 Å². The average molecular weight is 440 g/mol. The highest BCUT2D eigenvalue weighted by Crippen LogP contribution is 2.32.